The molecule has 0 bridgehead atoms. The van der Waals surface area contributed by atoms with Crippen molar-refractivity contribution in [2.24, 2.45) is 0 Å². The molecule has 2 heterocycles. The van der Waals surface area contributed by atoms with E-state index in [1.165, 1.54) is 11.3 Å². The number of hydrogen-bond donors (Lipinski definition) is 1. The molecule has 4 aromatic rings. The first-order chi connectivity index (χ1) is 13.3. The quantitative estimate of drug-likeness (QED) is 0.548. The van der Waals surface area contributed by atoms with Gasteiger partial charge in [-0.15, -0.1) is 11.3 Å². The van der Waals surface area contributed by atoms with Crippen molar-refractivity contribution in [1.29, 1.82) is 0 Å². The largest absolute Gasteiger partial charge is 0.346 e. The monoisotopic (exact) mass is 371 g/mol. The molecule has 1 amide bonds. The van der Waals surface area contributed by atoms with Gasteiger partial charge in [0.1, 0.15) is 9.88 Å². The van der Waals surface area contributed by atoms with Crippen LogP contribution in [-0.2, 0) is 6.54 Å². The maximum atomic E-state index is 12.9. The predicted molar refractivity (Wildman–Crippen MR) is 108 cm³/mol. The summed E-state index contributed by atoms with van der Waals surface area (Å²) in [6.07, 6.45) is 1.72. The van der Waals surface area contributed by atoms with Crippen LogP contribution in [0, 0.1) is 0 Å². The fraction of sp³-hybridized carbons (Fsp3) is 0.0455. The van der Waals surface area contributed by atoms with Crippen molar-refractivity contribution in [3.63, 3.8) is 0 Å². The van der Waals surface area contributed by atoms with Crippen LogP contribution in [0.5, 0.6) is 0 Å². The second-order valence-electron chi connectivity index (χ2n) is 5.93. The molecular formula is C22H17N3OS. The summed E-state index contributed by atoms with van der Waals surface area (Å²) in [6, 6.07) is 25.4. The minimum atomic E-state index is -0.140. The molecule has 0 spiro atoms. The first-order valence-corrected chi connectivity index (χ1v) is 9.43. The Morgan fingerprint density at radius 1 is 0.852 bits per heavy atom. The number of aromatic nitrogens is 2. The highest BCUT2D eigenvalue weighted by molar-refractivity contribution is 7.17. The van der Waals surface area contributed by atoms with Gasteiger partial charge in [-0.1, -0.05) is 66.7 Å². The number of amides is 1. The first kappa shape index (κ1) is 17.1. The Balaban J connectivity index is 1.67. The van der Waals surface area contributed by atoms with E-state index in [0.717, 1.165) is 21.8 Å². The molecule has 0 atom stereocenters. The molecule has 0 unspecified atom stereocenters. The molecule has 0 aliphatic carbocycles. The minimum absolute atomic E-state index is 0.140. The third kappa shape index (κ3) is 3.93. The van der Waals surface area contributed by atoms with E-state index in [0.29, 0.717) is 17.1 Å². The van der Waals surface area contributed by atoms with Crippen molar-refractivity contribution in [2.45, 2.75) is 6.54 Å². The van der Waals surface area contributed by atoms with E-state index >= 15 is 0 Å². The Kier molecular flexibility index (Phi) is 5.03. The third-order valence-corrected chi connectivity index (χ3v) is 5.16. The van der Waals surface area contributed by atoms with Gasteiger partial charge in [0.05, 0.1) is 17.9 Å². The Hall–Kier alpha value is -3.31. The molecule has 2 aromatic heterocycles. The van der Waals surface area contributed by atoms with Crippen molar-refractivity contribution >= 4 is 17.2 Å². The van der Waals surface area contributed by atoms with E-state index in [9.17, 15) is 4.79 Å². The molecule has 27 heavy (non-hydrogen) atoms. The zero-order chi connectivity index (χ0) is 18.5. The van der Waals surface area contributed by atoms with Crippen LogP contribution >= 0.6 is 11.3 Å². The number of carbonyl (C=O) groups excluding carboxylic acids is 1. The number of carbonyl (C=O) groups is 1. The molecule has 2 aromatic carbocycles. The lowest BCUT2D eigenvalue weighted by atomic mass is 10.1. The number of hydrogen-bond acceptors (Lipinski definition) is 4. The SMILES string of the molecule is O=C(NCc1ccccn1)c1sc(-c2ccccc2)nc1-c1ccccc1. The van der Waals surface area contributed by atoms with E-state index in [1.54, 1.807) is 6.20 Å². The molecule has 0 fully saturated rings. The molecule has 0 aliphatic heterocycles. The lowest BCUT2D eigenvalue weighted by Gasteiger charge is -2.05. The van der Waals surface area contributed by atoms with Crippen molar-refractivity contribution < 1.29 is 4.79 Å². The summed E-state index contributed by atoms with van der Waals surface area (Å²) < 4.78 is 0. The molecular weight excluding hydrogens is 354 g/mol. The van der Waals surface area contributed by atoms with Gasteiger partial charge in [-0.25, -0.2) is 4.98 Å². The molecule has 4 nitrogen and oxygen atoms in total. The lowest BCUT2D eigenvalue weighted by Crippen LogP contribution is -2.22. The van der Waals surface area contributed by atoms with Crippen molar-refractivity contribution in [3.05, 3.63) is 95.6 Å². The lowest BCUT2D eigenvalue weighted by molar-refractivity contribution is 0.0955. The number of thiazole rings is 1. The maximum absolute atomic E-state index is 12.9. The third-order valence-electron chi connectivity index (χ3n) is 4.06. The van der Waals surface area contributed by atoms with E-state index in [1.807, 2.05) is 78.9 Å². The summed E-state index contributed by atoms with van der Waals surface area (Å²) in [6.45, 7) is 0.381. The maximum Gasteiger partial charge on any atom is 0.263 e. The molecule has 0 saturated carbocycles. The Morgan fingerprint density at radius 2 is 1.52 bits per heavy atom. The number of nitrogens with one attached hydrogen (secondary N) is 1. The highest BCUT2D eigenvalue weighted by atomic mass is 32.1. The van der Waals surface area contributed by atoms with Crippen LogP contribution in [0.15, 0.2) is 85.1 Å². The standard InChI is InChI=1S/C22H17N3OS/c26-21(24-15-18-13-7-8-14-23-18)20-19(16-9-3-1-4-10-16)25-22(27-20)17-11-5-2-6-12-17/h1-14H,15H2,(H,24,26). The molecule has 0 radical (unpaired) electrons. The van der Waals surface area contributed by atoms with Gasteiger partial charge in [0.25, 0.3) is 5.91 Å². The summed E-state index contributed by atoms with van der Waals surface area (Å²) in [5.74, 6) is -0.140. The summed E-state index contributed by atoms with van der Waals surface area (Å²) in [4.78, 5) is 22.5. The zero-order valence-electron chi connectivity index (χ0n) is 14.5. The highest BCUT2D eigenvalue weighted by Gasteiger charge is 2.20. The van der Waals surface area contributed by atoms with E-state index in [4.69, 9.17) is 4.98 Å². The Morgan fingerprint density at radius 3 is 2.19 bits per heavy atom. The van der Waals surface area contributed by atoms with Crippen LogP contribution in [0.2, 0.25) is 0 Å². The second kappa shape index (κ2) is 7.93. The fourth-order valence-electron chi connectivity index (χ4n) is 2.72. The smallest absolute Gasteiger partial charge is 0.263 e. The molecule has 4 rings (SSSR count). The molecule has 132 valence electrons. The van der Waals surface area contributed by atoms with Gasteiger partial charge in [-0.2, -0.15) is 0 Å². The highest BCUT2D eigenvalue weighted by Crippen LogP contribution is 2.33. The second-order valence-corrected chi connectivity index (χ2v) is 6.93. The number of pyridine rings is 1. The minimum Gasteiger partial charge on any atom is -0.346 e. The van der Waals surface area contributed by atoms with E-state index < -0.39 is 0 Å². The van der Waals surface area contributed by atoms with Gasteiger partial charge in [-0.05, 0) is 12.1 Å². The van der Waals surface area contributed by atoms with Crippen LogP contribution < -0.4 is 5.32 Å². The van der Waals surface area contributed by atoms with Gasteiger partial charge in [0.2, 0.25) is 0 Å². The van der Waals surface area contributed by atoms with Crippen LogP contribution in [0.3, 0.4) is 0 Å². The average Bonchev–Trinajstić information content (AvgIpc) is 3.20. The van der Waals surface area contributed by atoms with Crippen molar-refractivity contribution in [1.82, 2.24) is 15.3 Å². The van der Waals surface area contributed by atoms with Crippen LogP contribution in [0.1, 0.15) is 15.4 Å². The predicted octanol–water partition coefficient (Wildman–Crippen LogP) is 4.80. The normalized spacial score (nSPS) is 10.5. The first-order valence-electron chi connectivity index (χ1n) is 8.61. The summed E-state index contributed by atoms with van der Waals surface area (Å²) in [5, 5.41) is 3.79. The summed E-state index contributed by atoms with van der Waals surface area (Å²) in [7, 11) is 0. The van der Waals surface area contributed by atoms with Crippen LogP contribution in [-0.4, -0.2) is 15.9 Å². The number of benzene rings is 2. The van der Waals surface area contributed by atoms with E-state index in [-0.39, 0.29) is 5.91 Å². The van der Waals surface area contributed by atoms with Gasteiger partial charge < -0.3 is 5.32 Å². The molecule has 0 saturated heterocycles. The fourth-order valence-corrected chi connectivity index (χ4v) is 3.73. The van der Waals surface area contributed by atoms with Gasteiger partial charge in [-0.3, -0.25) is 9.78 Å². The molecule has 1 N–H and O–H groups in total. The number of nitrogens with zero attached hydrogens (tertiary/aromatic N) is 2. The molecule has 5 heteroatoms. The number of rotatable bonds is 5. The van der Waals surface area contributed by atoms with Gasteiger partial charge >= 0.3 is 0 Å². The van der Waals surface area contributed by atoms with E-state index in [2.05, 4.69) is 10.3 Å². The molecule has 0 aliphatic rings. The topological polar surface area (TPSA) is 54.9 Å². The summed E-state index contributed by atoms with van der Waals surface area (Å²) in [5.41, 5.74) is 3.46. The zero-order valence-corrected chi connectivity index (χ0v) is 15.3. The van der Waals surface area contributed by atoms with Gasteiger partial charge in [0, 0.05) is 17.3 Å². The average molecular weight is 371 g/mol. The Labute approximate surface area is 161 Å². The van der Waals surface area contributed by atoms with Crippen LogP contribution in [0.4, 0.5) is 0 Å². The van der Waals surface area contributed by atoms with Crippen LogP contribution in [0.25, 0.3) is 21.8 Å². The van der Waals surface area contributed by atoms with Gasteiger partial charge in [0.15, 0.2) is 0 Å². The van der Waals surface area contributed by atoms with Crippen molar-refractivity contribution in [2.75, 3.05) is 0 Å². The summed E-state index contributed by atoms with van der Waals surface area (Å²) >= 11 is 1.41. The Bertz CT molecular complexity index is 1030. The van der Waals surface area contributed by atoms with Crippen molar-refractivity contribution in [3.8, 4) is 21.8 Å².